The summed E-state index contributed by atoms with van der Waals surface area (Å²) in [6.45, 7) is 0. The van der Waals surface area contributed by atoms with Gasteiger partial charge in [0.1, 0.15) is 34.5 Å². The van der Waals surface area contributed by atoms with Crippen LogP contribution in [0.5, 0.6) is 34.5 Å². The molecule has 624 valence electrons. The van der Waals surface area contributed by atoms with Crippen molar-refractivity contribution in [3.8, 4) is 135 Å². The summed E-state index contributed by atoms with van der Waals surface area (Å²) in [6.07, 6.45) is 11.7. The van der Waals surface area contributed by atoms with Gasteiger partial charge in [0, 0.05) is 69.5 Å². The van der Waals surface area contributed by atoms with Crippen molar-refractivity contribution in [2.75, 3.05) is 42.7 Å². The molecular formula is C96H72F12FeN6O6P2. The van der Waals surface area contributed by atoms with E-state index in [4.69, 9.17) is 58.3 Å². The van der Waals surface area contributed by atoms with Gasteiger partial charge in [-0.3, -0.25) is 29.9 Å². The minimum absolute atomic E-state index is 0. The van der Waals surface area contributed by atoms with E-state index in [1.54, 1.807) is 42.7 Å². The fraction of sp³-hybridized carbons (Fsp3) is 0.0625. The number of halogens is 12. The van der Waals surface area contributed by atoms with E-state index in [2.05, 4.69) is 218 Å². The molecular weight excluding hydrogens is 1680 g/mol. The Hall–Kier alpha value is -13.6. The molecule has 0 saturated heterocycles. The number of aromatic nitrogens is 6. The summed E-state index contributed by atoms with van der Waals surface area (Å²) in [6, 6.07) is 99.4. The maximum Gasteiger partial charge on any atom is 2.00 e. The summed E-state index contributed by atoms with van der Waals surface area (Å²) >= 11 is 0. The van der Waals surface area contributed by atoms with Crippen LogP contribution < -0.4 is 28.4 Å². The third-order valence-electron chi connectivity index (χ3n) is 19.8. The van der Waals surface area contributed by atoms with Crippen LogP contribution >= 0.6 is 15.6 Å². The van der Waals surface area contributed by atoms with Gasteiger partial charge in [0.15, 0.2) is 0 Å². The van der Waals surface area contributed by atoms with Crippen LogP contribution in [0, 0.1) is 0 Å². The van der Waals surface area contributed by atoms with Crippen LogP contribution in [0.4, 0.5) is 50.4 Å². The second-order valence-electron chi connectivity index (χ2n) is 27.9. The molecule has 0 spiro atoms. The van der Waals surface area contributed by atoms with Crippen molar-refractivity contribution in [3.05, 3.63) is 328 Å². The number of fused-ring (bicyclic) bond motifs is 6. The maximum atomic E-state index is 9.87. The summed E-state index contributed by atoms with van der Waals surface area (Å²) in [5, 5.41) is 13.4. The van der Waals surface area contributed by atoms with Crippen molar-refractivity contribution in [3.63, 3.8) is 0 Å². The van der Waals surface area contributed by atoms with E-state index in [0.29, 0.717) is 0 Å². The zero-order valence-electron chi connectivity index (χ0n) is 66.1. The molecule has 12 aromatic carbocycles. The van der Waals surface area contributed by atoms with Gasteiger partial charge in [-0.2, -0.15) is 0 Å². The molecule has 6 aromatic heterocycles. The van der Waals surface area contributed by atoms with Crippen LogP contribution in [-0.2, 0) is 17.1 Å². The molecule has 12 nitrogen and oxygen atoms in total. The van der Waals surface area contributed by atoms with Gasteiger partial charge in [-0.1, -0.05) is 182 Å². The Morgan fingerprint density at radius 2 is 0.309 bits per heavy atom. The van der Waals surface area contributed by atoms with E-state index in [-0.39, 0.29) is 17.1 Å². The first kappa shape index (κ1) is 87.3. The third-order valence-corrected chi connectivity index (χ3v) is 19.8. The summed E-state index contributed by atoms with van der Waals surface area (Å²) < 4.78 is 150. The zero-order chi connectivity index (χ0) is 86.3. The molecule has 0 aliphatic heterocycles. The summed E-state index contributed by atoms with van der Waals surface area (Å²) in [5.74, 6) is 5.07. The Morgan fingerprint density at radius 3 is 0.423 bits per heavy atom. The topological polar surface area (TPSA) is 133 Å². The summed E-state index contributed by atoms with van der Waals surface area (Å²) in [7, 11) is -11.2. The Labute approximate surface area is 708 Å². The molecule has 6 heterocycles. The molecule has 0 radical (unpaired) electrons. The molecule has 0 bridgehead atoms. The van der Waals surface area contributed by atoms with Gasteiger partial charge in [0.2, 0.25) is 0 Å². The van der Waals surface area contributed by atoms with Gasteiger partial charge in [0.25, 0.3) is 0 Å². The van der Waals surface area contributed by atoms with Crippen LogP contribution in [0.1, 0.15) is 0 Å². The molecule has 0 aliphatic carbocycles. The second-order valence-corrected chi connectivity index (χ2v) is 31.7. The summed E-state index contributed by atoms with van der Waals surface area (Å²) in [4.78, 5) is 28.8. The van der Waals surface area contributed by atoms with E-state index in [0.717, 1.165) is 200 Å². The van der Waals surface area contributed by atoms with Crippen LogP contribution in [0.3, 0.4) is 0 Å². The molecule has 0 fully saturated rings. The average Bonchev–Trinajstić information content (AvgIpc) is 0.827. The number of benzene rings is 12. The van der Waals surface area contributed by atoms with Crippen LogP contribution in [0.15, 0.2) is 328 Å². The van der Waals surface area contributed by atoms with Crippen LogP contribution in [0.2, 0.25) is 0 Å². The van der Waals surface area contributed by atoms with Crippen molar-refractivity contribution >= 4 is 80.3 Å². The van der Waals surface area contributed by atoms with Gasteiger partial charge in [-0.05, 0) is 208 Å². The molecule has 0 saturated carbocycles. The minimum atomic E-state index is -10.7. The average molecular weight is 1750 g/mol. The number of rotatable bonds is 15. The van der Waals surface area contributed by atoms with Crippen molar-refractivity contribution < 1.29 is 95.9 Å². The Balaban J connectivity index is 0.000000146. The number of hydrogen-bond donors (Lipinski definition) is 0. The van der Waals surface area contributed by atoms with Gasteiger partial charge >= 0.3 is 83.0 Å². The van der Waals surface area contributed by atoms with Crippen LogP contribution in [0.25, 0.3) is 166 Å². The smallest absolute Gasteiger partial charge is 2.00 e. The quantitative estimate of drug-likeness (QED) is 0.0550. The van der Waals surface area contributed by atoms with Crippen LogP contribution in [-0.4, -0.2) is 72.6 Å². The predicted octanol–water partition coefficient (Wildman–Crippen LogP) is 30.2. The molecule has 18 aromatic rings. The van der Waals surface area contributed by atoms with E-state index in [1.165, 1.54) is 0 Å². The largest absolute Gasteiger partial charge is 2.00 e. The number of pyridine rings is 6. The van der Waals surface area contributed by atoms with Crippen molar-refractivity contribution in [2.24, 2.45) is 0 Å². The predicted molar refractivity (Wildman–Crippen MR) is 467 cm³/mol. The SMILES string of the molecule is COc1ccc(-c2cccc3cc(-c4cc5cccc(-c6ccc(OC)cc6)c5cn4)ncc23)cc1.COc1ccc(-c2cccc3cc(-c4cc5cccc(-c6ccc(OC)cc6)c5cn4)ncc23)cc1.COc1ccc(-c2cccc3cc(-c4cc5cccc(-c6ccc(OC)cc6)c5cn4)ncc23)cc1.F[P-](F)(F)(F)(F)F.F[P-](F)(F)(F)(F)F.[Fe+2]. The Kier molecular flexibility index (Phi) is 24.5. The molecule has 0 N–H and O–H groups in total. The molecule has 0 unspecified atom stereocenters. The zero-order valence-corrected chi connectivity index (χ0v) is 69.0. The number of ether oxygens (including phenoxy) is 6. The minimum Gasteiger partial charge on any atom is 2.00 e. The van der Waals surface area contributed by atoms with E-state index < -0.39 is 15.6 Å². The Bertz CT molecular complexity index is 5840. The Morgan fingerprint density at radius 1 is 0.187 bits per heavy atom. The first-order valence-corrected chi connectivity index (χ1v) is 41.5. The number of methoxy groups -OCH3 is 6. The number of nitrogens with zero attached hydrogens (tertiary/aromatic N) is 6. The summed E-state index contributed by atoms with van der Waals surface area (Å²) in [5.41, 5.74) is 18.8. The van der Waals surface area contributed by atoms with Crippen molar-refractivity contribution in [1.29, 1.82) is 0 Å². The first-order chi connectivity index (χ1) is 58.1. The molecule has 123 heavy (non-hydrogen) atoms. The molecule has 0 amide bonds. The second kappa shape index (κ2) is 34.5. The third kappa shape index (κ3) is 22.7. The van der Waals surface area contributed by atoms with Crippen molar-refractivity contribution in [2.45, 2.75) is 0 Å². The maximum absolute atomic E-state index is 10.7. The first-order valence-electron chi connectivity index (χ1n) is 37.4. The number of hydrogen-bond acceptors (Lipinski definition) is 12. The van der Waals surface area contributed by atoms with Gasteiger partial charge in [-0.15, -0.1) is 0 Å². The standard InChI is InChI=1S/3C32H24N2O2.2F6P.Fe/c3*1-35-25-13-9-21(10-14-25)27-7-3-5-23-17-31(33-19-29(23)27)32-18-24-6-4-8-28(30(24)20-34-32)22-11-15-26(36-2)16-12-22;2*1-7(2,3,4,5)6;/h3*3-20H,1-2H3;;;/q;;;2*-1;+2. The van der Waals surface area contributed by atoms with E-state index in [1.807, 2.05) is 110 Å². The monoisotopic (exact) mass is 1750 g/mol. The fourth-order valence-corrected chi connectivity index (χ4v) is 14.0. The molecule has 0 aliphatic rings. The van der Waals surface area contributed by atoms with Gasteiger partial charge < -0.3 is 28.4 Å². The molecule has 27 heteroatoms. The molecule has 0 atom stereocenters. The normalized spacial score (nSPS) is 12.3. The van der Waals surface area contributed by atoms with Crippen molar-refractivity contribution in [1.82, 2.24) is 29.9 Å². The van der Waals surface area contributed by atoms with E-state index in [9.17, 15) is 50.4 Å². The van der Waals surface area contributed by atoms with Gasteiger partial charge in [-0.25, -0.2) is 0 Å². The molecule has 18 rings (SSSR count). The van der Waals surface area contributed by atoms with Gasteiger partial charge in [0.05, 0.1) is 76.8 Å². The van der Waals surface area contributed by atoms with E-state index >= 15 is 0 Å². The fourth-order valence-electron chi connectivity index (χ4n) is 14.0.